The number of carboxylic acid groups (broad SMARTS) is 1. The third-order valence-electron chi connectivity index (χ3n) is 4.94. The second kappa shape index (κ2) is 7.13. The number of aliphatic carboxylic acids is 1. The van der Waals surface area contributed by atoms with Gasteiger partial charge in [-0.05, 0) is 49.8 Å². The van der Waals surface area contributed by atoms with Crippen LogP contribution in [0.15, 0.2) is 40.3 Å². The molecule has 1 N–H and O–H groups in total. The Labute approximate surface area is 165 Å². The maximum Gasteiger partial charge on any atom is 0.316 e. The van der Waals surface area contributed by atoms with Crippen molar-refractivity contribution >= 4 is 39.3 Å². The summed E-state index contributed by atoms with van der Waals surface area (Å²) in [4.78, 5) is 31.6. The zero-order valence-electron chi connectivity index (χ0n) is 15.1. The fourth-order valence-corrected chi connectivity index (χ4v) is 5.75. The number of carboxylic acids is 1. The lowest BCUT2D eigenvalue weighted by atomic mass is 9.89. The summed E-state index contributed by atoms with van der Waals surface area (Å²) in [5, 5.41) is 9.76. The number of para-hydroxylation sites is 1. The Balaban J connectivity index is 1.97. The lowest BCUT2D eigenvalue weighted by Gasteiger charge is -2.18. The predicted octanol–water partition coefficient (Wildman–Crippen LogP) is 4.14. The molecule has 0 saturated carbocycles. The van der Waals surface area contributed by atoms with Gasteiger partial charge in [-0.1, -0.05) is 36.9 Å². The van der Waals surface area contributed by atoms with Crippen molar-refractivity contribution in [3.63, 3.8) is 0 Å². The Hall–Kier alpha value is -2.12. The first-order valence-corrected chi connectivity index (χ1v) is 10.7. The normalized spacial score (nSPS) is 17.6. The first-order valence-electron chi connectivity index (χ1n) is 8.98. The first-order chi connectivity index (χ1) is 13.0. The van der Waals surface area contributed by atoms with Crippen LogP contribution in [-0.4, -0.2) is 25.9 Å². The SMILES string of the molecule is CC1CCc2c(sc3nc(SC(C)C(=O)O)n(-c4ccccc4)c(=O)c23)C1. The van der Waals surface area contributed by atoms with Gasteiger partial charge in [0.2, 0.25) is 0 Å². The van der Waals surface area contributed by atoms with Gasteiger partial charge in [-0.25, -0.2) is 4.98 Å². The largest absolute Gasteiger partial charge is 0.480 e. The molecule has 1 aliphatic carbocycles. The summed E-state index contributed by atoms with van der Waals surface area (Å²) in [5.74, 6) is -0.309. The topological polar surface area (TPSA) is 72.2 Å². The van der Waals surface area contributed by atoms with Crippen LogP contribution in [0.2, 0.25) is 0 Å². The van der Waals surface area contributed by atoms with E-state index in [-0.39, 0.29) is 5.56 Å². The van der Waals surface area contributed by atoms with E-state index in [2.05, 4.69) is 6.92 Å². The molecule has 27 heavy (non-hydrogen) atoms. The number of hydrogen-bond donors (Lipinski definition) is 1. The summed E-state index contributed by atoms with van der Waals surface area (Å²) in [6.07, 6.45) is 2.96. The van der Waals surface area contributed by atoms with Crippen LogP contribution >= 0.6 is 23.1 Å². The molecule has 140 valence electrons. The maximum atomic E-state index is 13.5. The van der Waals surface area contributed by atoms with Crippen molar-refractivity contribution in [2.45, 2.75) is 43.5 Å². The van der Waals surface area contributed by atoms with Crippen molar-refractivity contribution in [2.24, 2.45) is 5.92 Å². The number of carbonyl (C=O) groups is 1. The van der Waals surface area contributed by atoms with Crippen LogP contribution in [0.3, 0.4) is 0 Å². The molecule has 0 saturated heterocycles. The first kappa shape index (κ1) is 18.3. The van der Waals surface area contributed by atoms with E-state index >= 15 is 0 Å². The number of fused-ring (bicyclic) bond motifs is 3. The summed E-state index contributed by atoms with van der Waals surface area (Å²) < 4.78 is 1.57. The highest BCUT2D eigenvalue weighted by molar-refractivity contribution is 8.00. The Morgan fingerprint density at radius 1 is 1.37 bits per heavy atom. The number of thiophene rings is 1. The van der Waals surface area contributed by atoms with Gasteiger partial charge in [0.25, 0.3) is 5.56 Å². The Morgan fingerprint density at radius 3 is 2.81 bits per heavy atom. The zero-order valence-corrected chi connectivity index (χ0v) is 16.8. The molecule has 7 heteroatoms. The second-order valence-electron chi connectivity index (χ2n) is 7.00. The van der Waals surface area contributed by atoms with Crippen LogP contribution in [0.5, 0.6) is 0 Å². The minimum Gasteiger partial charge on any atom is -0.480 e. The highest BCUT2D eigenvalue weighted by atomic mass is 32.2. The van der Waals surface area contributed by atoms with E-state index < -0.39 is 11.2 Å². The van der Waals surface area contributed by atoms with Gasteiger partial charge in [0, 0.05) is 4.88 Å². The van der Waals surface area contributed by atoms with E-state index in [1.165, 1.54) is 4.88 Å². The maximum absolute atomic E-state index is 13.5. The second-order valence-corrected chi connectivity index (χ2v) is 9.39. The minimum atomic E-state index is -0.923. The summed E-state index contributed by atoms with van der Waals surface area (Å²) in [7, 11) is 0. The zero-order chi connectivity index (χ0) is 19.1. The van der Waals surface area contributed by atoms with E-state index in [4.69, 9.17) is 4.98 Å². The number of benzene rings is 1. The lowest BCUT2D eigenvalue weighted by Crippen LogP contribution is -2.24. The van der Waals surface area contributed by atoms with E-state index in [1.54, 1.807) is 22.8 Å². The Kier molecular flexibility index (Phi) is 4.82. The number of aromatic nitrogens is 2. The summed E-state index contributed by atoms with van der Waals surface area (Å²) in [6, 6.07) is 9.33. The van der Waals surface area contributed by atoms with Crippen molar-refractivity contribution < 1.29 is 9.90 Å². The van der Waals surface area contributed by atoms with Gasteiger partial charge in [-0.2, -0.15) is 0 Å². The van der Waals surface area contributed by atoms with Gasteiger partial charge < -0.3 is 5.11 Å². The van der Waals surface area contributed by atoms with Gasteiger partial charge in [0.1, 0.15) is 10.1 Å². The van der Waals surface area contributed by atoms with Crippen LogP contribution in [0, 0.1) is 5.92 Å². The predicted molar refractivity (Wildman–Crippen MR) is 109 cm³/mol. The molecule has 1 aliphatic rings. The summed E-state index contributed by atoms with van der Waals surface area (Å²) in [5.41, 5.74) is 1.75. The van der Waals surface area contributed by atoms with Gasteiger partial charge in [0.05, 0.1) is 11.1 Å². The Bertz CT molecular complexity index is 1070. The van der Waals surface area contributed by atoms with Crippen molar-refractivity contribution in [2.75, 3.05) is 0 Å². The number of nitrogens with zero attached hydrogens (tertiary/aromatic N) is 2. The van der Waals surface area contributed by atoms with Gasteiger partial charge in [0.15, 0.2) is 5.16 Å². The minimum absolute atomic E-state index is 0.0988. The molecule has 0 amide bonds. The quantitative estimate of drug-likeness (QED) is 0.526. The number of thioether (sulfide) groups is 1. The van der Waals surface area contributed by atoms with Crippen molar-refractivity contribution in [3.8, 4) is 5.69 Å². The fourth-order valence-electron chi connectivity index (χ4n) is 3.46. The molecule has 4 rings (SSSR count). The molecular weight excluding hydrogens is 380 g/mol. The molecule has 0 fully saturated rings. The molecule has 5 nitrogen and oxygen atoms in total. The molecule has 0 bridgehead atoms. The molecule has 1 aromatic carbocycles. The number of aryl methyl sites for hydroxylation is 1. The summed E-state index contributed by atoms with van der Waals surface area (Å²) in [6.45, 7) is 3.85. The molecule has 2 atom stereocenters. The average Bonchev–Trinajstić information content (AvgIpc) is 2.99. The van der Waals surface area contributed by atoms with Crippen LogP contribution < -0.4 is 5.56 Å². The van der Waals surface area contributed by atoms with Crippen molar-refractivity contribution in [3.05, 3.63) is 51.1 Å². The van der Waals surface area contributed by atoms with Gasteiger partial charge >= 0.3 is 5.97 Å². The van der Waals surface area contributed by atoms with Crippen molar-refractivity contribution in [1.82, 2.24) is 9.55 Å². The molecule has 0 radical (unpaired) electrons. The van der Waals surface area contributed by atoms with E-state index in [9.17, 15) is 14.7 Å². The van der Waals surface area contributed by atoms with Gasteiger partial charge in [-0.3, -0.25) is 14.2 Å². The molecule has 0 spiro atoms. The Morgan fingerprint density at radius 2 is 2.11 bits per heavy atom. The smallest absolute Gasteiger partial charge is 0.316 e. The third-order valence-corrected chi connectivity index (χ3v) is 7.13. The molecule has 3 aromatic rings. The number of hydrogen-bond acceptors (Lipinski definition) is 5. The van der Waals surface area contributed by atoms with E-state index in [1.807, 2.05) is 30.3 Å². The van der Waals surface area contributed by atoms with Crippen molar-refractivity contribution in [1.29, 1.82) is 0 Å². The van der Waals surface area contributed by atoms with Gasteiger partial charge in [-0.15, -0.1) is 11.3 Å². The fraction of sp³-hybridized carbons (Fsp3) is 0.350. The van der Waals surface area contributed by atoms with Crippen LogP contribution in [0.25, 0.3) is 15.9 Å². The van der Waals surface area contributed by atoms with E-state index in [0.29, 0.717) is 22.1 Å². The molecule has 2 aromatic heterocycles. The molecule has 2 heterocycles. The third kappa shape index (κ3) is 3.30. The van der Waals surface area contributed by atoms with Crippen LogP contribution in [0.4, 0.5) is 0 Å². The summed E-state index contributed by atoms with van der Waals surface area (Å²) >= 11 is 2.69. The molecule has 0 aliphatic heterocycles. The average molecular weight is 401 g/mol. The highest BCUT2D eigenvalue weighted by Crippen LogP contribution is 2.37. The lowest BCUT2D eigenvalue weighted by molar-refractivity contribution is -0.136. The molecule has 2 unspecified atom stereocenters. The standard InChI is InChI=1S/C20H20N2O3S2/c1-11-8-9-14-15(10-11)27-17-16(14)18(23)22(13-6-4-3-5-7-13)20(21-17)26-12(2)19(24)25/h3-7,11-12H,8-10H2,1-2H3,(H,24,25). The van der Waals surface area contributed by atoms with Crippen LogP contribution in [-0.2, 0) is 17.6 Å². The molecular formula is C20H20N2O3S2. The number of rotatable bonds is 4. The highest BCUT2D eigenvalue weighted by Gasteiger charge is 2.26. The van der Waals surface area contributed by atoms with Crippen LogP contribution in [0.1, 0.15) is 30.7 Å². The monoisotopic (exact) mass is 400 g/mol. The van der Waals surface area contributed by atoms with E-state index in [0.717, 1.165) is 41.4 Å².